The molecule has 0 spiro atoms. The van der Waals surface area contributed by atoms with Gasteiger partial charge in [-0.2, -0.15) is 4.98 Å². The molecule has 1 heterocycles. The smallest absolute Gasteiger partial charge is 0.258 e. The van der Waals surface area contributed by atoms with Crippen LogP contribution in [0.1, 0.15) is 33.0 Å². The molecule has 0 saturated carbocycles. The normalized spacial score (nSPS) is 12.2. The minimum absolute atomic E-state index is 0.296. The van der Waals surface area contributed by atoms with Crippen LogP contribution >= 0.6 is 0 Å². The summed E-state index contributed by atoms with van der Waals surface area (Å²) >= 11 is 0. The molecule has 1 atom stereocenters. The predicted octanol–water partition coefficient (Wildman–Crippen LogP) is 3.07. The first-order valence-electron chi connectivity index (χ1n) is 8.07. The van der Waals surface area contributed by atoms with Crippen LogP contribution in [0, 0.1) is 0 Å². The fourth-order valence-electron chi connectivity index (χ4n) is 2.07. The molecule has 0 radical (unpaired) electrons. The zero-order chi connectivity index (χ0) is 16.7. The predicted molar refractivity (Wildman–Crippen MR) is 88.9 cm³/mol. The van der Waals surface area contributed by atoms with Gasteiger partial charge in [0, 0.05) is 18.0 Å². The first kappa shape index (κ1) is 17.3. The van der Waals surface area contributed by atoms with Crippen molar-refractivity contribution in [1.29, 1.82) is 0 Å². The molecule has 126 valence electrons. The van der Waals surface area contributed by atoms with E-state index in [2.05, 4.69) is 29.3 Å². The summed E-state index contributed by atoms with van der Waals surface area (Å²) in [6.45, 7) is 7.32. The summed E-state index contributed by atoms with van der Waals surface area (Å²) in [5, 5.41) is 7.19. The molecule has 2 aromatic rings. The molecule has 1 N–H and O–H groups in total. The van der Waals surface area contributed by atoms with Gasteiger partial charge < -0.3 is 19.3 Å². The van der Waals surface area contributed by atoms with Crippen molar-refractivity contribution in [3.8, 4) is 23.0 Å². The first-order chi connectivity index (χ1) is 11.2. The molecule has 6 heteroatoms. The van der Waals surface area contributed by atoms with Crippen LogP contribution in [0.15, 0.2) is 22.7 Å². The molecule has 0 amide bonds. The summed E-state index contributed by atoms with van der Waals surface area (Å²) in [6.07, 6.45) is 1.67. The monoisotopic (exact) mass is 319 g/mol. The third-order valence-corrected chi connectivity index (χ3v) is 3.40. The van der Waals surface area contributed by atoms with Crippen LogP contribution in [0.5, 0.6) is 11.5 Å². The summed E-state index contributed by atoms with van der Waals surface area (Å²) in [4.78, 5) is 4.45. The zero-order valence-electron chi connectivity index (χ0n) is 14.3. The van der Waals surface area contributed by atoms with Crippen LogP contribution in [0.3, 0.4) is 0 Å². The summed E-state index contributed by atoms with van der Waals surface area (Å²) in [5.41, 5.74) is 0.827. The highest BCUT2D eigenvalue weighted by Crippen LogP contribution is 2.32. The van der Waals surface area contributed by atoms with Gasteiger partial charge in [-0.3, -0.25) is 0 Å². The SMILES string of the molecule is CCCOc1ccc(-c2nc(CC(C)NC)no2)cc1OCC. The molecule has 1 unspecified atom stereocenters. The number of nitrogens with one attached hydrogen (secondary N) is 1. The van der Waals surface area contributed by atoms with E-state index in [9.17, 15) is 0 Å². The number of benzene rings is 1. The summed E-state index contributed by atoms with van der Waals surface area (Å²) < 4.78 is 16.7. The Bertz CT molecular complexity index is 613. The van der Waals surface area contributed by atoms with E-state index >= 15 is 0 Å². The maximum atomic E-state index is 5.70. The lowest BCUT2D eigenvalue weighted by Crippen LogP contribution is -2.24. The maximum absolute atomic E-state index is 5.70. The molecule has 0 aliphatic heterocycles. The van der Waals surface area contributed by atoms with E-state index < -0.39 is 0 Å². The Labute approximate surface area is 137 Å². The van der Waals surface area contributed by atoms with Gasteiger partial charge >= 0.3 is 0 Å². The van der Waals surface area contributed by atoms with Crippen LogP contribution < -0.4 is 14.8 Å². The molecule has 0 saturated heterocycles. The fourth-order valence-corrected chi connectivity index (χ4v) is 2.07. The van der Waals surface area contributed by atoms with Crippen molar-refractivity contribution in [1.82, 2.24) is 15.5 Å². The zero-order valence-corrected chi connectivity index (χ0v) is 14.3. The van der Waals surface area contributed by atoms with Crippen LogP contribution in [0.2, 0.25) is 0 Å². The van der Waals surface area contributed by atoms with Crippen LogP contribution in [0.4, 0.5) is 0 Å². The second kappa shape index (κ2) is 8.53. The number of aromatic nitrogens is 2. The van der Waals surface area contributed by atoms with Crippen molar-refractivity contribution in [2.24, 2.45) is 0 Å². The highest BCUT2D eigenvalue weighted by molar-refractivity contribution is 5.59. The van der Waals surface area contributed by atoms with Gasteiger partial charge in [-0.1, -0.05) is 12.1 Å². The molecule has 0 aliphatic rings. The number of hydrogen-bond donors (Lipinski definition) is 1. The average Bonchev–Trinajstić information content (AvgIpc) is 3.02. The van der Waals surface area contributed by atoms with E-state index in [0.717, 1.165) is 24.2 Å². The number of likely N-dealkylation sites (N-methyl/N-ethyl adjacent to an activating group) is 1. The minimum atomic E-state index is 0.296. The Morgan fingerprint density at radius 2 is 2.04 bits per heavy atom. The van der Waals surface area contributed by atoms with Crippen molar-refractivity contribution in [2.75, 3.05) is 20.3 Å². The van der Waals surface area contributed by atoms with Gasteiger partial charge in [0.2, 0.25) is 0 Å². The Hall–Kier alpha value is -2.08. The van der Waals surface area contributed by atoms with Crippen molar-refractivity contribution in [3.05, 3.63) is 24.0 Å². The summed E-state index contributed by atoms with van der Waals surface area (Å²) in [6, 6.07) is 5.97. The number of hydrogen-bond acceptors (Lipinski definition) is 6. The van der Waals surface area contributed by atoms with Gasteiger partial charge in [0.25, 0.3) is 5.89 Å². The lowest BCUT2D eigenvalue weighted by Gasteiger charge is -2.11. The van der Waals surface area contributed by atoms with Crippen molar-refractivity contribution < 1.29 is 14.0 Å². The van der Waals surface area contributed by atoms with Gasteiger partial charge in [0.1, 0.15) is 0 Å². The molecule has 0 aliphatic carbocycles. The standard InChI is InChI=1S/C17H25N3O3/c1-5-9-22-14-8-7-13(11-15(14)21-6-2)17-19-16(20-23-17)10-12(3)18-4/h7-8,11-12,18H,5-6,9-10H2,1-4H3. The molecule has 1 aromatic carbocycles. The largest absolute Gasteiger partial charge is 0.490 e. The van der Waals surface area contributed by atoms with E-state index in [-0.39, 0.29) is 0 Å². The van der Waals surface area contributed by atoms with Gasteiger partial charge in [0.05, 0.1) is 13.2 Å². The number of ether oxygens (including phenoxy) is 2. The first-order valence-corrected chi connectivity index (χ1v) is 8.07. The van der Waals surface area contributed by atoms with E-state index in [1.165, 1.54) is 0 Å². The van der Waals surface area contributed by atoms with E-state index in [4.69, 9.17) is 14.0 Å². The lowest BCUT2D eigenvalue weighted by atomic mass is 10.2. The van der Waals surface area contributed by atoms with Crippen molar-refractivity contribution in [3.63, 3.8) is 0 Å². The van der Waals surface area contributed by atoms with Crippen LogP contribution in [-0.4, -0.2) is 36.4 Å². The van der Waals surface area contributed by atoms with Gasteiger partial charge in [-0.25, -0.2) is 0 Å². The lowest BCUT2D eigenvalue weighted by molar-refractivity contribution is 0.277. The maximum Gasteiger partial charge on any atom is 0.258 e. The van der Waals surface area contributed by atoms with Gasteiger partial charge in [-0.05, 0) is 45.5 Å². The number of nitrogens with zero attached hydrogens (tertiary/aromatic N) is 2. The Balaban J connectivity index is 2.20. The minimum Gasteiger partial charge on any atom is -0.490 e. The topological polar surface area (TPSA) is 69.4 Å². The van der Waals surface area contributed by atoms with Crippen molar-refractivity contribution in [2.45, 2.75) is 39.7 Å². The molecule has 6 nitrogen and oxygen atoms in total. The van der Waals surface area contributed by atoms with E-state index in [1.54, 1.807) is 0 Å². The van der Waals surface area contributed by atoms with E-state index in [0.29, 0.717) is 36.7 Å². The Morgan fingerprint density at radius 3 is 2.74 bits per heavy atom. The molecular formula is C17H25N3O3. The van der Waals surface area contributed by atoms with E-state index in [1.807, 2.05) is 32.2 Å². The number of rotatable bonds is 9. The second-order valence-electron chi connectivity index (χ2n) is 5.35. The fraction of sp³-hybridized carbons (Fsp3) is 0.529. The molecule has 0 bridgehead atoms. The highest BCUT2D eigenvalue weighted by atomic mass is 16.5. The molecule has 1 aromatic heterocycles. The molecular weight excluding hydrogens is 294 g/mol. The van der Waals surface area contributed by atoms with Gasteiger partial charge in [0.15, 0.2) is 17.3 Å². The Kier molecular flexibility index (Phi) is 6.40. The quantitative estimate of drug-likeness (QED) is 0.766. The summed E-state index contributed by atoms with van der Waals surface area (Å²) in [7, 11) is 1.91. The molecule has 2 rings (SSSR count). The molecule has 23 heavy (non-hydrogen) atoms. The van der Waals surface area contributed by atoms with Crippen LogP contribution in [-0.2, 0) is 6.42 Å². The van der Waals surface area contributed by atoms with Gasteiger partial charge in [-0.15, -0.1) is 0 Å². The Morgan fingerprint density at radius 1 is 1.22 bits per heavy atom. The average molecular weight is 319 g/mol. The summed E-state index contributed by atoms with van der Waals surface area (Å²) in [5.74, 6) is 2.61. The van der Waals surface area contributed by atoms with Crippen molar-refractivity contribution >= 4 is 0 Å². The van der Waals surface area contributed by atoms with Crippen LogP contribution in [0.25, 0.3) is 11.5 Å². The second-order valence-corrected chi connectivity index (χ2v) is 5.35. The highest BCUT2D eigenvalue weighted by Gasteiger charge is 2.14. The third-order valence-electron chi connectivity index (χ3n) is 3.40. The molecule has 0 fully saturated rings. The third kappa shape index (κ3) is 4.69.